The third kappa shape index (κ3) is 3.82. The first kappa shape index (κ1) is 18.2. The summed E-state index contributed by atoms with van der Waals surface area (Å²) in [5.74, 6) is 2.49. The molecule has 3 rings (SSSR count). The lowest BCUT2D eigenvalue weighted by Gasteiger charge is -2.34. The molecular weight excluding hydrogens is 358 g/mol. The first-order chi connectivity index (χ1) is 12.0. The quantitative estimate of drug-likeness (QED) is 0.749. The van der Waals surface area contributed by atoms with Gasteiger partial charge in [0.1, 0.15) is 5.94 Å². The summed E-state index contributed by atoms with van der Waals surface area (Å²) in [6.07, 6.45) is 4.64. The van der Waals surface area contributed by atoms with Crippen molar-refractivity contribution >= 4 is 45.2 Å². The SMILES string of the molecule is CN(C)CCC1CCN(n2c(=O)sc3ccc(Cl)c(C=C=O)c32)CC1. The minimum atomic E-state index is -0.0374. The highest BCUT2D eigenvalue weighted by Crippen LogP contribution is 2.30. The fraction of sp³-hybridized carbons (Fsp3) is 0.500. The summed E-state index contributed by atoms with van der Waals surface area (Å²) < 4.78 is 2.54. The number of rotatable bonds is 5. The number of nitrogens with zero attached hydrogens (tertiary/aromatic N) is 3. The lowest BCUT2D eigenvalue weighted by Crippen LogP contribution is -2.45. The van der Waals surface area contributed by atoms with Crippen molar-refractivity contribution in [2.75, 3.05) is 38.7 Å². The van der Waals surface area contributed by atoms with Gasteiger partial charge in [-0.1, -0.05) is 22.9 Å². The lowest BCUT2D eigenvalue weighted by atomic mass is 9.94. The molecule has 0 spiro atoms. The summed E-state index contributed by atoms with van der Waals surface area (Å²) in [7, 11) is 4.19. The fourth-order valence-electron chi connectivity index (χ4n) is 3.39. The van der Waals surface area contributed by atoms with E-state index in [1.165, 1.54) is 23.8 Å². The maximum Gasteiger partial charge on any atom is 0.326 e. The van der Waals surface area contributed by atoms with E-state index in [2.05, 4.69) is 24.0 Å². The molecule has 1 aliphatic rings. The zero-order chi connectivity index (χ0) is 18.0. The zero-order valence-corrected chi connectivity index (χ0v) is 16.1. The van der Waals surface area contributed by atoms with Gasteiger partial charge in [-0.2, -0.15) is 0 Å². The van der Waals surface area contributed by atoms with Crippen molar-refractivity contribution in [1.29, 1.82) is 0 Å². The van der Waals surface area contributed by atoms with Gasteiger partial charge in [-0.15, -0.1) is 0 Å². The Kier molecular flexibility index (Phi) is 5.64. The molecule has 0 bridgehead atoms. The lowest BCUT2D eigenvalue weighted by molar-refractivity contribution is 0.298. The first-order valence-corrected chi connectivity index (χ1v) is 9.65. The highest BCUT2D eigenvalue weighted by Gasteiger charge is 2.23. The van der Waals surface area contributed by atoms with E-state index in [1.54, 1.807) is 16.7 Å². The number of hydrogen-bond acceptors (Lipinski definition) is 5. The third-order valence-electron chi connectivity index (χ3n) is 4.77. The number of aromatic nitrogens is 1. The van der Waals surface area contributed by atoms with E-state index in [0.29, 0.717) is 16.5 Å². The molecule has 1 fully saturated rings. The molecule has 1 aromatic heterocycles. The molecule has 134 valence electrons. The van der Waals surface area contributed by atoms with Crippen LogP contribution < -0.4 is 9.88 Å². The highest BCUT2D eigenvalue weighted by atomic mass is 35.5. The maximum atomic E-state index is 12.6. The molecule has 0 amide bonds. The Hall–Kier alpha value is -1.59. The van der Waals surface area contributed by atoms with Gasteiger partial charge in [0.25, 0.3) is 0 Å². The van der Waals surface area contributed by atoms with Crippen LogP contribution in [0.15, 0.2) is 16.9 Å². The van der Waals surface area contributed by atoms with Crippen molar-refractivity contribution in [3.05, 3.63) is 32.4 Å². The Morgan fingerprint density at radius 1 is 1.36 bits per heavy atom. The molecule has 0 unspecified atom stereocenters. The second-order valence-corrected chi connectivity index (χ2v) is 8.14. The molecule has 0 saturated carbocycles. The van der Waals surface area contributed by atoms with Crippen molar-refractivity contribution in [1.82, 2.24) is 9.58 Å². The average Bonchev–Trinajstić information content (AvgIpc) is 2.92. The topological polar surface area (TPSA) is 45.5 Å². The minimum Gasteiger partial charge on any atom is -0.309 e. The second kappa shape index (κ2) is 7.75. The molecule has 25 heavy (non-hydrogen) atoms. The van der Waals surface area contributed by atoms with Crippen LogP contribution in [0.4, 0.5) is 0 Å². The molecule has 2 aromatic rings. The third-order valence-corrected chi connectivity index (χ3v) is 6.00. The van der Waals surface area contributed by atoms with E-state index in [0.717, 1.165) is 42.7 Å². The van der Waals surface area contributed by atoms with E-state index in [4.69, 9.17) is 11.6 Å². The Morgan fingerprint density at radius 3 is 2.72 bits per heavy atom. The molecular formula is C18H22ClN3O2S. The van der Waals surface area contributed by atoms with Gasteiger partial charge in [0.2, 0.25) is 0 Å². The first-order valence-electron chi connectivity index (χ1n) is 8.46. The van der Waals surface area contributed by atoms with E-state index < -0.39 is 0 Å². The molecule has 1 saturated heterocycles. The van der Waals surface area contributed by atoms with Gasteiger partial charge in [0.05, 0.1) is 15.2 Å². The van der Waals surface area contributed by atoms with Gasteiger partial charge < -0.3 is 9.91 Å². The van der Waals surface area contributed by atoms with Crippen molar-refractivity contribution in [2.24, 2.45) is 5.92 Å². The number of thiazole rings is 1. The summed E-state index contributed by atoms with van der Waals surface area (Å²) in [5.41, 5.74) is 1.29. The number of piperidine rings is 1. The normalized spacial score (nSPS) is 15.8. The van der Waals surface area contributed by atoms with Gasteiger partial charge in [0.15, 0.2) is 0 Å². The Balaban J connectivity index is 1.90. The number of benzene rings is 1. The van der Waals surface area contributed by atoms with Crippen LogP contribution >= 0.6 is 22.9 Å². The largest absolute Gasteiger partial charge is 0.326 e. The zero-order valence-electron chi connectivity index (χ0n) is 14.5. The summed E-state index contributed by atoms with van der Waals surface area (Å²) in [5, 5.41) is 2.55. The van der Waals surface area contributed by atoms with Gasteiger partial charge in [-0.05, 0) is 58.0 Å². The molecule has 0 aliphatic carbocycles. The summed E-state index contributed by atoms with van der Waals surface area (Å²) in [6, 6.07) is 3.56. The molecule has 7 heteroatoms. The molecule has 2 heterocycles. The smallest absolute Gasteiger partial charge is 0.309 e. The Labute approximate surface area is 156 Å². The average molecular weight is 380 g/mol. The molecule has 5 nitrogen and oxygen atoms in total. The standard InChI is InChI=1S/C18H22ClN3O2S/c1-20(2)9-5-13-6-10-21(11-7-13)22-17-14(8-12-23)15(19)3-4-16(17)25-18(22)24/h3-4,8,13H,5-7,9-11H2,1-2H3. The fourth-order valence-corrected chi connectivity index (χ4v) is 4.51. The van der Waals surface area contributed by atoms with Crippen LogP contribution in [-0.2, 0) is 4.79 Å². The molecule has 1 aromatic carbocycles. The van der Waals surface area contributed by atoms with E-state index in [9.17, 15) is 9.59 Å². The molecule has 0 atom stereocenters. The van der Waals surface area contributed by atoms with Crippen LogP contribution in [0.5, 0.6) is 0 Å². The Morgan fingerprint density at radius 2 is 2.08 bits per heavy atom. The van der Waals surface area contributed by atoms with Gasteiger partial charge in [0, 0.05) is 24.7 Å². The maximum absolute atomic E-state index is 12.6. The molecule has 0 N–H and O–H groups in total. The van der Waals surface area contributed by atoms with Crippen LogP contribution in [0.25, 0.3) is 16.3 Å². The van der Waals surface area contributed by atoms with E-state index >= 15 is 0 Å². The minimum absolute atomic E-state index is 0.0374. The van der Waals surface area contributed by atoms with Crippen molar-refractivity contribution in [2.45, 2.75) is 19.3 Å². The van der Waals surface area contributed by atoms with Crippen LogP contribution in [0.3, 0.4) is 0 Å². The second-order valence-electron chi connectivity index (χ2n) is 6.74. The highest BCUT2D eigenvalue weighted by molar-refractivity contribution is 7.16. The molecule has 1 aliphatic heterocycles. The number of carbonyl (C=O) groups excluding carboxylic acids is 1. The predicted octanol–water partition coefficient (Wildman–Crippen LogP) is 2.86. The summed E-state index contributed by atoms with van der Waals surface area (Å²) in [6.45, 7) is 2.76. The van der Waals surface area contributed by atoms with Gasteiger partial charge >= 0.3 is 4.87 Å². The number of halogens is 1. The summed E-state index contributed by atoms with van der Waals surface area (Å²) in [4.78, 5) is 25.6. The van der Waals surface area contributed by atoms with E-state index in [1.807, 2.05) is 6.07 Å². The number of fused-ring (bicyclic) bond motifs is 1. The van der Waals surface area contributed by atoms with Crippen LogP contribution in [0.1, 0.15) is 24.8 Å². The van der Waals surface area contributed by atoms with E-state index in [-0.39, 0.29) is 4.87 Å². The predicted molar refractivity (Wildman–Crippen MR) is 105 cm³/mol. The number of hydrogen-bond donors (Lipinski definition) is 0. The monoisotopic (exact) mass is 379 g/mol. The summed E-state index contributed by atoms with van der Waals surface area (Å²) >= 11 is 7.44. The van der Waals surface area contributed by atoms with Crippen LogP contribution in [-0.4, -0.2) is 49.2 Å². The molecule has 0 radical (unpaired) electrons. The van der Waals surface area contributed by atoms with Gasteiger partial charge in [-0.3, -0.25) is 4.79 Å². The van der Waals surface area contributed by atoms with Crippen LogP contribution in [0.2, 0.25) is 5.02 Å². The van der Waals surface area contributed by atoms with Crippen molar-refractivity contribution < 1.29 is 4.79 Å². The Bertz CT molecular complexity index is 859. The van der Waals surface area contributed by atoms with Gasteiger partial charge in [-0.25, -0.2) is 9.47 Å². The van der Waals surface area contributed by atoms with Crippen molar-refractivity contribution in [3.8, 4) is 0 Å². The van der Waals surface area contributed by atoms with Crippen molar-refractivity contribution in [3.63, 3.8) is 0 Å². The van der Waals surface area contributed by atoms with Crippen LogP contribution in [0, 0.1) is 5.92 Å².